The lowest BCUT2D eigenvalue weighted by atomic mass is 10.1. The predicted octanol–water partition coefficient (Wildman–Crippen LogP) is 4.00. The second kappa shape index (κ2) is 6.20. The highest BCUT2D eigenvalue weighted by Crippen LogP contribution is 2.23. The number of anilines is 2. The zero-order valence-electron chi connectivity index (χ0n) is 13.9. The van der Waals surface area contributed by atoms with Gasteiger partial charge >= 0.3 is 0 Å². The quantitative estimate of drug-likeness (QED) is 0.682. The van der Waals surface area contributed by atoms with Crippen molar-refractivity contribution in [2.75, 3.05) is 10.6 Å². The second-order valence-electron chi connectivity index (χ2n) is 5.85. The molecule has 5 heteroatoms. The van der Waals surface area contributed by atoms with Gasteiger partial charge in [-0.1, -0.05) is 0 Å². The minimum atomic E-state index is -0.164. The molecule has 1 heterocycles. The molecule has 2 amide bonds. The zero-order chi connectivity index (χ0) is 17.3. The summed E-state index contributed by atoms with van der Waals surface area (Å²) in [6.07, 6.45) is 0. The number of fused-ring (bicyclic) bond motifs is 1. The van der Waals surface area contributed by atoms with Crippen LogP contribution in [0.25, 0.3) is 10.9 Å². The van der Waals surface area contributed by atoms with Crippen molar-refractivity contribution in [1.29, 1.82) is 0 Å². The van der Waals surface area contributed by atoms with Crippen LogP contribution < -0.4 is 10.6 Å². The summed E-state index contributed by atoms with van der Waals surface area (Å²) in [4.78, 5) is 26.8. The number of rotatable bonds is 3. The minimum Gasteiger partial charge on any atom is -0.358 e. The van der Waals surface area contributed by atoms with Gasteiger partial charge in [0.25, 0.3) is 5.91 Å². The van der Waals surface area contributed by atoms with E-state index in [0.29, 0.717) is 16.9 Å². The van der Waals surface area contributed by atoms with Gasteiger partial charge in [0.05, 0.1) is 0 Å². The average Bonchev–Trinajstić information content (AvgIpc) is 2.83. The van der Waals surface area contributed by atoms with Crippen molar-refractivity contribution in [3.8, 4) is 0 Å². The number of carbonyl (C=O) groups excluding carboxylic acids is 2. The highest BCUT2D eigenvalue weighted by Gasteiger charge is 2.10. The first kappa shape index (κ1) is 15.8. The maximum atomic E-state index is 12.4. The van der Waals surface area contributed by atoms with Crippen molar-refractivity contribution in [1.82, 2.24) is 4.98 Å². The summed E-state index contributed by atoms with van der Waals surface area (Å²) in [5.74, 6) is -0.292. The van der Waals surface area contributed by atoms with Crippen LogP contribution in [-0.2, 0) is 4.79 Å². The van der Waals surface area contributed by atoms with Crippen molar-refractivity contribution in [3.63, 3.8) is 0 Å². The predicted molar refractivity (Wildman–Crippen MR) is 96.5 cm³/mol. The molecule has 0 bridgehead atoms. The molecular weight excluding hydrogens is 302 g/mol. The monoisotopic (exact) mass is 321 g/mol. The van der Waals surface area contributed by atoms with Gasteiger partial charge in [-0.25, -0.2) is 0 Å². The molecule has 24 heavy (non-hydrogen) atoms. The molecule has 3 N–H and O–H groups in total. The van der Waals surface area contributed by atoms with Crippen LogP contribution in [0.3, 0.4) is 0 Å². The molecule has 3 aromatic rings. The van der Waals surface area contributed by atoms with Crippen LogP contribution in [-0.4, -0.2) is 16.8 Å². The molecule has 0 saturated heterocycles. The number of hydrogen-bond donors (Lipinski definition) is 3. The fraction of sp³-hybridized carbons (Fsp3) is 0.158. The third-order valence-corrected chi connectivity index (χ3v) is 4.03. The second-order valence-corrected chi connectivity index (χ2v) is 5.85. The van der Waals surface area contributed by atoms with Crippen LogP contribution >= 0.6 is 0 Å². The molecule has 0 aliphatic carbocycles. The highest BCUT2D eigenvalue weighted by atomic mass is 16.2. The Bertz CT molecular complexity index is 924. The van der Waals surface area contributed by atoms with E-state index in [2.05, 4.69) is 15.6 Å². The van der Waals surface area contributed by atoms with Crippen molar-refractivity contribution >= 4 is 34.1 Å². The van der Waals surface area contributed by atoms with Crippen LogP contribution in [0, 0.1) is 13.8 Å². The molecule has 0 fully saturated rings. The van der Waals surface area contributed by atoms with E-state index in [4.69, 9.17) is 0 Å². The maximum absolute atomic E-state index is 12.4. The summed E-state index contributed by atoms with van der Waals surface area (Å²) in [7, 11) is 0. The van der Waals surface area contributed by atoms with E-state index in [-0.39, 0.29) is 11.8 Å². The molecule has 0 radical (unpaired) electrons. The van der Waals surface area contributed by atoms with Gasteiger partial charge in [0.1, 0.15) is 0 Å². The Morgan fingerprint density at radius 1 is 0.917 bits per heavy atom. The first-order valence-electron chi connectivity index (χ1n) is 7.72. The SMILES string of the molecule is CC(=O)Nc1ccc(NC(=O)c2ccc3[nH]c(C)c(C)c3c2)cc1. The van der Waals surface area contributed by atoms with Crippen LogP contribution in [0.15, 0.2) is 42.5 Å². The fourth-order valence-corrected chi connectivity index (χ4v) is 2.65. The molecule has 2 aromatic carbocycles. The Morgan fingerprint density at radius 3 is 2.17 bits per heavy atom. The molecule has 1 aromatic heterocycles. The molecule has 0 spiro atoms. The Labute approximate surface area is 140 Å². The first-order valence-corrected chi connectivity index (χ1v) is 7.72. The van der Waals surface area contributed by atoms with Gasteiger partial charge in [0.2, 0.25) is 5.91 Å². The summed E-state index contributed by atoms with van der Waals surface area (Å²) >= 11 is 0. The average molecular weight is 321 g/mol. The van der Waals surface area contributed by atoms with E-state index < -0.39 is 0 Å². The van der Waals surface area contributed by atoms with Crippen molar-refractivity contribution in [2.24, 2.45) is 0 Å². The molecule has 122 valence electrons. The summed E-state index contributed by atoms with van der Waals surface area (Å²) in [6, 6.07) is 12.6. The number of hydrogen-bond acceptors (Lipinski definition) is 2. The standard InChI is InChI=1S/C19H19N3O2/c1-11-12(2)20-18-9-4-14(10-17(11)18)19(24)22-16-7-5-15(6-8-16)21-13(3)23/h4-10,20H,1-3H3,(H,21,23)(H,22,24). The summed E-state index contributed by atoms with van der Waals surface area (Å²) in [5, 5.41) is 6.62. The van der Waals surface area contributed by atoms with Crippen LogP contribution in [0.4, 0.5) is 11.4 Å². The molecule has 0 aliphatic heterocycles. The molecule has 0 saturated carbocycles. The summed E-state index contributed by atoms with van der Waals surface area (Å²) < 4.78 is 0. The van der Waals surface area contributed by atoms with Crippen LogP contribution in [0.1, 0.15) is 28.5 Å². The number of aromatic amines is 1. The smallest absolute Gasteiger partial charge is 0.255 e. The van der Waals surface area contributed by atoms with Gasteiger partial charge in [0.15, 0.2) is 0 Å². The van der Waals surface area contributed by atoms with Gasteiger partial charge < -0.3 is 15.6 Å². The number of aromatic nitrogens is 1. The molecule has 0 aliphatic rings. The van der Waals surface area contributed by atoms with Gasteiger partial charge in [0, 0.05) is 40.5 Å². The molecule has 5 nitrogen and oxygen atoms in total. The van der Waals surface area contributed by atoms with E-state index in [1.807, 2.05) is 26.0 Å². The van der Waals surface area contributed by atoms with E-state index in [1.165, 1.54) is 6.92 Å². The van der Waals surface area contributed by atoms with Gasteiger partial charge in [-0.05, 0) is 61.9 Å². The largest absolute Gasteiger partial charge is 0.358 e. The fourth-order valence-electron chi connectivity index (χ4n) is 2.65. The minimum absolute atomic E-state index is 0.128. The van der Waals surface area contributed by atoms with Crippen molar-refractivity contribution in [2.45, 2.75) is 20.8 Å². The number of amides is 2. The topological polar surface area (TPSA) is 74.0 Å². The van der Waals surface area contributed by atoms with E-state index >= 15 is 0 Å². The summed E-state index contributed by atoms with van der Waals surface area (Å²) in [5.41, 5.74) is 5.27. The third kappa shape index (κ3) is 3.15. The Hall–Kier alpha value is -3.08. The van der Waals surface area contributed by atoms with E-state index in [9.17, 15) is 9.59 Å². The first-order chi connectivity index (χ1) is 11.4. The third-order valence-electron chi connectivity index (χ3n) is 4.03. The van der Waals surface area contributed by atoms with Crippen LogP contribution in [0.5, 0.6) is 0 Å². The Morgan fingerprint density at radius 2 is 1.54 bits per heavy atom. The molecular formula is C19H19N3O2. The molecule has 0 unspecified atom stereocenters. The number of H-pyrrole nitrogens is 1. The molecule has 3 rings (SSSR count). The number of carbonyl (C=O) groups is 2. The maximum Gasteiger partial charge on any atom is 0.255 e. The lowest BCUT2D eigenvalue weighted by Gasteiger charge is -2.07. The summed E-state index contributed by atoms with van der Waals surface area (Å²) in [6.45, 7) is 5.51. The zero-order valence-corrected chi connectivity index (χ0v) is 13.9. The lowest BCUT2D eigenvalue weighted by Crippen LogP contribution is -2.12. The number of aryl methyl sites for hydroxylation is 2. The number of benzene rings is 2. The normalized spacial score (nSPS) is 10.6. The van der Waals surface area contributed by atoms with Crippen molar-refractivity contribution in [3.05, 3.63) is 59.3 Å². The van der Waals surface area contributed by atoms with Crippen molar-refractivity contribution < 1.29 is 9.59 Å². The van der Waals surface area contributed by atoms with E-state index in [1.54, 1.807) is 30.3 Å². The lowest BCUT2D eigenvalue weighted by molar-refractivity contribution is -0.114. The van der Waals surface area contributed by atoms with E-state index in [0.717, 1.165) is 22.2 Å². The Balaban J connectivity index is 1.79. The highest BCUT2D eigenvalue weighted by molar-refractivity contribution is 6.06. The van der Waals surface area contributed by atoms with Gasteiger partial charge in [-0.15, -0.1) is 0 Å². The van der Waals surface area contributed by atoms with Gasteiger partial charge in [-0.3, -0.25) is 9.59 Å². The van der Waals surface area contributed by atoms with Gasteiger partial charge in [-0.2, -0.15) is 0 Å². The number of nitrogens with one attached hydrogen (secondary N) is 3. The van der Waals surface area contributed by atoms with Crippen LogP contribution in [0.2, 0.25) is 0 Å². The Kier molecular flexibility index (Phi) is 4.08. The molecule has 0 atom stereocenters.